The summed E-state index contributed by atoms with van der Waals surface area (Å²) in [5, 5.41) is 0. The Balaban J connectivity index is 1.36. The summed E-state index contributed by atoms with van der Waals surface area (Å²) < 4.78 is 11.8. The molecule has 0 amide bonds. The van der Waals surface area contributed by atoms with Gasteiger partial charge in [0.1, 0.15) is 6.10 Å². The summed E-state index contributed by atoms with van der Waals surface area (Å²) in [6, 6.07) is 10.1. The van der Waals surface area contributed by atoms with Crippen molar-refractivity contribution < 1.29 is 23.9 Å². The van der Waals surface area contributed by atoms with Crippen molar-refractivity contribution in [3.63, 3.8) is 0 Å². The average molecular weight is 519 g/mol. The topological polar surface area (TPSA) is 69.7 Å². The average Bonchev–Trinajstić information content (AvgIpc) is 3.17. The molecule has 4 aliphatic carbocycles. The zero-order valence-electron chi connectivity index (χ0n) is 23.5. The number of allylic oxidation sites excluding steroid dienone is 3. The Labute approximate surface area is 227 Å². The Hall–Kier alpha value is -2.69. The molecular formula is C33H42O5. The van der Waals surface area contributed by atoms with E-state index in [-0.39, 0.29) is 34.7 Å². The van der Waals surface area contributed by atoms with Gasteiger partial charge in [0, 0.05) is 18.8 Å². The molecule has 38 heavy (non-hydrogen) atoms. The van der Waals surface area contributed by atoms with Gasteiger partial charge < -0.3 is 9.47 Å². The number of rotatable bonds is 6. The minimum Gasteiger partial charge on any atom is -0.458 e. The van der Waals surface area contributed by atoms with Crippen LogP contribution in [0.5, 0.6) is 0 Å². The van der Waals surface area contributed by atoms with Gasteiger partial charge in [0.2, 0.25) is 0 Å². The van der Waals surface area contributed by atoms with Gasteiger partial charge in [0.25, 0.3) is 0 Å². The number of hydrogen-bond donors (Lipinski definition) is 0. The molecule has 1 aromatic carbocycles. The number of Topliss-reactive ketones (excluding diaryl/α,β-unsaturated/α-hetero) is 1. The second-order valence-corrected chi connectivity index (χ2v) is 12.7. The van der Waals surface area contributed by atoms with Gasteiger partial charge in [-0.05, 0) is 99.2 Å². The van der Waals surface area contributed by atoms with E-state index in [1.54, 1.807) is 6.92 Å². The molecule has 5 nitrogen and oxygen atoms in total. The summed E-state index contributed by atoms with van der Waals surface area (Å²) in [5.41, 5.74) is 2.38. The van der Waals surface area contributed by atoms with E-state index in [9.17, 15) is 14.4 Å². The minimum absolute atomic E-state index is 0.0146. The molecule has 0 spiro atoms. The van der Waals surface area contributed by atoms with Crippen molar-refractivity contribution in [3.8, 4) is 0 Å². The van der Waals surface area contributed by atoms with Crippen molar-refractivity contribution in [1.82, 2.24) is 0 Å². The van der Waals surface area contributed by atoms with Crippen LogP contribution in [-0.4, -0.2) is 29.4 Å². The minimum atomic E-state index is -1.02. The molecule has 1 aromatic rings. The largest absolute Gasteiger partial charge is 0.458 e. The first-order valence-electron chi connectivity index (χ1n) is 14.4. The van der Waals surface area contributed by atoms with Crippen LogP contribution in [0.25, 0.3) is 0 Å². The molecule has 0 saturated heterocycles. The van der Waals surface area contributed by atoms with E-state index in [0.29, 0.717) is 37.0 Å². The summed E-state index contributed by atoms with van der Waals surface area (Å²) in [6.07, 6.45) is 10.7. The normalized spacial score (nSPS) is 37.6. The molecule has 0 unspecified atom stereocenters. The third kappa shape index (κ3) is 4.26. The lowest BCUT2D eigenvalue weighted by molar-refractivity contribution is -0.185. The standard InChI is InChI=1S/C33H42O5/c1-21-19-26-27(14-17-32(5)28(26)15-18-33(32,22(2)34)38-23(3)35)31(4)16-13-25(20-29(21)31)37-30(36)12-11-24-9-7-6-8-10-24/h6-10,19-20,25-28H,11-18H2,1-5H3/t25-,26-,27+,28-,31+,32-,33+/m1/s1. The smallest absolute Gasteiger partial charge is 0.306 e. The van der Waals surface area contributed by atoms with Crippen molar-refractivity contribution >= 4 is 17.7 Å². The SMILES string of the molecule is CC(=O)O[C@]1(C(C)=O)CC[C@@H]2[C@@H]3C=C(C)C4=C[C@H](OC(=O)CCc5ccccc5)CC[C@@]4(C)[C@H]3CC[C@]21C. The maximum absolute atomic E-state index is 13.0. The number of fused-ring (bicyclic) bond motifs is 5. The van der Waals surface area contributed by atoms with Gasteiger partial charge >= 0.3 is 11.9 Å². The summed E-state index contributed by atoms with van der Waals surface area (Å²) in [5.74, 6) is 0.580. The second kappa shape index (κ2) is 9.81. The lowest BCUT2D eigenvalue weighted by atomic mass is 9.47. The van der Waals surface area contributed by atoms with Crippen molar-refractivity contribution in [2.45, 2.75) is 97.7 Å². The van der Waals surface area contributed by atoms with Gasteiger partial charge in [-0.1, -0.05) is 55.8 Å². The van der Waals surface area contributed by atoms with Crippen LogP contribution >= 0.6 is 0 Å². The quantitative estimate of drug-likeness (QED) is 0.399. The fourth-order valence-electron chi connectivity index (χ4n) is 8.83. The Morgan fingerprint density at radius 1 is 0.921 bits per heavy atom. The van der Waals surface area contributed by atoms with E-state index < -0.39 is 5.60 Å². The van der Waals surface area contributed by atoms with Crippen LogP contribution in [0.4, 0.5) is 0 Å². The molecule has 0 aromatic heterocycles. The number of hydrogen-bond acceptors (Lipinski definition) is 5. The summed E-state index contributed by atoms with van der Waals surface area (Å²) >= 11 is 0. The Kier molecular flexibility index (Phi) is 6.94. The van der Waals surface area contributed by atoms with Crippen LogP contribution in [-0.2, 0) is 30.3 Å². The highest BCUT2D eigenvalue weighted by Gasteiger charge is 2.67. The predicted molar refractivity (Wildman–Crippen MR) is 146 cm³/mol. The van der Waals surface area contributed by atoms with Gasteiger partial charge in [-0.3, -0.25) is 14.4 Å². The summed E-state index contributed by atoms with van der Waals surface area (Å²) in [6.45, 7) is 9.78. The maximum Gasteiger partial charge on any atom is 0.306 e. The number of ketones is 1. The van der Waals surface area contributed by atoms with Gasteiger partial charge in [-0.25, -0.2) is 0 Å². The van der Waals surface area contributed by atoms with Crippen LogP contribution in [0, 0.1) is 28.6 Å². The van der Waals surface area contributed by atoms with Gasteiger partial charge in [-0.2, -0.15) is 0 Å². The molecule has 5 rings (SSSR count). The third-order valence-corrected chi connectivity index (χ3v) is 10.7. The Morgan fingerprint density at radius 2 is 1.63 bits per heavy atom. The van der Waals surface area contributed by atoms with Crippen molar-refractivity contribution in [1.29, 1.82) is 0 Å². The molecule has 4 aliphatic rings. The monoisotopic (exact) mass is 518 g/mol. The van der Waals surface area contributed by atoms with E-state index in [1.165, 1.54) is 18.1 Å². The fraction of sp³-hybridized carbons (Fsp3) is 0.606. The van der Waals surface area contributed by atoms with Crippen LogP contribution in [0.2, 0.25) is 0 Å². The number of carbonyl (C=O) groups is 3. The number of carbonyl (C=O) groups excluding carboxylic acids is 3. The number of ether oxygens (including phenoxy) is 2. The number of esters is 2. The summed E-state index contributed by atoms with van der Waals surface area (Å²) in [7, 11) is 0. The van der Waals surface area contributed by atoms with Crippen molar-refractivity contribution in [3.05, 3.63) is 59.2 Å². The first-order chi connectivity index (χ1) is 18.0. The number of benzene rings is 1. The highest BCUT2D eigenvalue weighted by Crippen LogP contribution is 2.68. The van der Waals surface area contributed by atoms with Gasteiger partial charge in [0.05, 0.1) is 0 Å². The molecular weight excluding hydrogens is 476 g/mol. The molecule has 5 heteroatoms. The maximum atomic E-state index is 13.0. The van der Waals surface area contributed by atoms with Gasteiger partial charge in [0.15, 0.2) is 11.4 Å². The second-order valence-electron chi connectivity index (χ2n) is 12.7. The van der Waals surface area contributed by atoms with Gasteiger partial charge in [-0.15, -0.1) is 0 Å². The zero-order chi connectivity index (χ0) is 27.3. The number of aryl methyl sites for hydroxylation is 1. The van der Waals surface area contributed by atoms with E-state index in [0.717, 1.165) is 37.7 Å². The molecule has 0 radical (unpaired) electrons. The van der Waals surface area contributed by atoms with Crippen LogP contribution in [0.3, 0.4) is 0 Å². The predicted octanol–water partition coefficient (Wildman–Crippen LogP) is 6.55. The molecule has 2 fully saturated rings. The lowest BCUT2D eigenvalue weighted by Gasteiger charge is -2.58. The van der Waals surface area contributed by atoms with E-state index in [1.807, 2.05) is 30.3 Å². The van der Waals surface area contributed by atoms with Crippen LogP contribution in [0.1, 0.15) is 85.1 Å². The Morgan fingerprint density at radius 3 is 2.32 bits per heavy atom. The Bertz CT molecular complexity index is 1180. The van der Waals surface area contributed by atoms with E-state index >= 15 is 0 Å². The third-order valence-electron chi connectivity index (χ3n) is 10.7. The first-order valence-corrected chi connectivity index (χ1v) is 14.4. The van der Waals surface area contributed by atoms with Crippen LogP contribution in [0.15, 0.2) is 53.6 Å². The molecule has 0 bridgehead atoms. The van der Waals surface area contributed by atoms with Crippen LogP contribution < -0.4 is 0 Å². The molecule has 7 atom stereocenters. The fourth-order valence-corrected chi connectivity index (χ4v) is 8.83. The van der Waals surface area contributed by atoms with E-state index in [2.05, 4.69) is 32.9 Å². The molecule has 0 heterocycles. The van der Waals surface area contributed by atoms with Crippen molar-refractivity contribution in [2.24, 2.45) is 28.6 Å². The molecule has 2 saturated carbocycles. The zero-order valence-corrected chi connectivity index (χ0v) is 23.5. The molecule has 204 valence electrons. The van der Waals surface area contributed by atoms with Crippen molar-refractivity contribution in [2.75, 3.05) is 0 Å². The first kappa shape index (κ1) is 26.9. The molecule has 0 aliphatic heterocycles. The summed E-state index contributed by atoms with van der Waals surface area (Å²) in [4.78, 5) is 37.7. The highest BCUT2D eigenvalue weighted by atomic mass is 16.6. The highest BCUT2D eigenvalue weighted by molar-refractivity contribution is 5.89. The lowest BCUT2D eigenvalue weighted by Crippen LogP contribution is -2.58. The molecule has 0 N–H and O–H groups in total. The van der Waals surface area contributed by atoms with E-state index in [4.69, 9.17) is 9.47 Å².